The molecule has 1 heterocycles. The molecule has 0 saturated heterocycles. The molecule has 3 rings (SSSR count). The number of nitrogens with two attached hydrogens (primary N) is 1. The number of nitrogens with zero attached hydrogens (tertiary/aromatic N) is 1. The average Bonchev–Trinajstić information content (AvgIpc) is 2.89. The van der Waals surface area contributed by atoms with Gasteiger partial charge in [-0.1, -0.05) is 6.07 Å². The first kappa shape index (κ1) is 21.0. The third-order valence-electron chi connectivity index (χ3n) is 4.93. The summed E-state index contributed by atoms with van der Waals surface area (Å²) in [6.45, 7) is 1.88. The smallest absolute Gasteiger partial charge is 0.226 e. The lowest BCUT2D eigenvalue weighted by Crippen LogP contribution is -2.19. The number of benzene rings is 2. The first-order valence-corrected chi connectivity index (χ1v) is 9.53. The fourth-order valence-corrected chi connectivity index (χ4v) is 3.49. The van der Waals surface area contributed by atoms with Crippen LogP contribution >= 0.6 is 0 Å². The molecule has 30 heavy (non-hydrogen) atoms. The largest absolute Gasteiger partial charge is 0.398 e. The monoisotopic (exact) mass is 408 g/mol. The predicted octanol–water partition coefficient (Wildman–Crippen LogP) is 3.70. The van der Waals surface area contributed by atoms with Crippen molar-refractivity contribution in [1.82, 2.24) is 0 Å². The Bertz CT molecular complexity index is 1060. The number of halogens is 1. The van der Waals surface area contributed by atoms with E-state index in [1.165, 1.54) is 12.3 Å². The molecule has 1 aliphatic rings. The second kappa shape index (κ2) is 8.77. The van der Waals surface area contributed by atoms with Crippen LogP contribution in [0.2, 0.25) is 0 Å². The fourth-order valence-electron chi connectivity index (χ4n) is 3.49. The van der Waals surface area contributed by atoms with Crippen molar-refractivity contribution in [3.8, 4) is 11.1 Å². The minimum atomic E-state index is -0.500. The molecule has 2 aromatic rings. The number of allylic oxidation sites excluding steroid dienone is 1. The topological polar surface area (TPSA) is 115 Å². The van der Waals surface area contributed by atoms with Crippen molar-refractivity contribution in [2.45, 2.75) is 19.4 Å². The highest BCUT2D eigenvalue weighted by atomic mass is 19.1. The van der Waals surface area contributed by atoms with E-state index in [2.05, 4.69) is 20.9 Å². The normalized spacial score (nSPS) is 16.8. The maximum atomic E-state index is 14.5. The van der Waals surface area contributed by atoms with Crippen LogP contribution in [0.5, 0.6) is 0 Å². The fraction of sp³-hybridized carbons (Fsp3) is 0.227. The molecular weight excluding hydrogens is 383 g/mol. The highest BCUT2D eigenvalue weighted by Gasteiger charge is 2.24. The van der Waals surface area contributed by atoms with E-state index in [-0.39, 0.29) is 24.1 Å². The molecule has 2 aromatic carbocycles. The van der Waals surface area contributed by atoms with Gasteiger partial charge in [-0.15, -0.1) is 0 Å². The molecule has 0 saturated carbocycles. The number of hydrogen-bond donors (Lipinski definition) is 5. The summed E-state index contributed by atoms with van der Waals surface area (Å²) in [4.78, 5) is 16.0. The number of anilines is 3. The van der Waals surface area contributed by atoms with Crippen molar-refractivity contribution < 1.29 is 9.18 Å². The van der Waals surface area contributed by atoms with Gasteiger partial charge in [-0.2, -0.15) is 0 Å². The Balaban J connectivity index is 2.22. The van der Waals surface area contributed by atoms with Crippen LogP contribution in [0.25, 0.3) is 16.8 Å². The summed E-state index contributed by atoms with van der Waals surface area (Å²) in [7, 11) is 3.40. The van der Waals surface area contributed by atoms with E-state index in [0.29, 0.717) is 22.5 Å². The second-order valence-corrected chi connectivity index (χ2v) is 7.05. The van der Waals surface area contributed by atoms with E-state index in [0.717, 1.165) is 23.0 Å². The molecule has 6 N–H and O–H groups in total. The van der Waals surface area contributed by atoms with E-state index < -0.39 is 5.82 Å². The molecule has 8 heteroatoms. The van der Waals surface area contributed by atoms with Gasteiger partial charge in [0.2, 0.25) is 5.91 Å². The lowest BCUT2D eigenvalue weighted by molar-refractivity contribution is -0.116. The van der Waals surface area contributed by atoms with Gasteiger partial charge in [0.15, 0.2) is 0 Å². The zero-order valence-corrected chi connectivity index (χ0v) is 17.1. The predicted molar refractivity (Wildman–Crippen MR) is 122 cm³/mol. The summed E-state index contributed by atoms with van der Waals surface area (Å²) in [5.74, 6) is -0.738. The van der Waals surface area contributed by atoms with Crippen LogP contribution in [0.1, 0.15) is 18.9 Å². The Morgan fingerprint density at radius 2 is 2.10 bits per heavy atom. The third-order valence-corrected chi connectivity index (χ3v) is 4.93. The second-order valence-electron chi connectivity index (χ2n) is 7.05. The van der Waals surface area contributed by atoms with Crippen LogP contribution in [0.15, 0.2) is 40.9 Å². The van der Waals surface area contributed by atoms with Crippen LogP contribution in [0, 0.1) is 11.2 Å². The van der Waals surface area contributed by atoms with Crippen molar-refractivity contribution in [2.24, 2.45) is 10.7 Å². The first-order chi connectivity index (χ1) is 14.4. The summed E-state index contributed by atoms with van der Waals surface area (Å²) in [6.07, 6.45) is 2.92. The third kappa shape index (κ3) is 4.03. The maximum absolute atomic E-state index is 14.5. The average molecular weight is 408 g/mol. The van der Waals surface area contributed by atoms with Gasteiger partial charge in [-0.05, 0) is 36.8 Å². The lowest BCUT2D eigenvalue weighted by Gasteiger charge is -2.19. The van der Waals surface area contributed by atoms with Gasteiger partial charge in [-0.3, -0.25) is 9.79 Å². The summed E-state index contributed by atoms with van der Waals surface area (Å²) in [5, 5.41) is 16.7. The van der Waals surface area contributed by atoms with Crippen LogP contribution in [0.3, 0.4) is 0 Å². The summed E-state index contributed by atoms with van der Waals surface area (Å²) in [5.41, 5.74) is 10.9. The van der Waals surface area contributed by atoms with Crippen LogP contribution in [0.4, 0.5) is 21.5 Å². The van der Waals surface area contributed by atoms with Crippen molar-refractivity contribution in [3.05, 3.63) is 47.3 Å². The molecular formula is C22H25FN6O. The molecule has 1 amide bonds. The molecule has 1 aliphatic heterocycles. The van der Waals surface area contributed by atoms with Gasteiger partial charge >= 0.3 is 0 Å². The van der Waals surface area contributed by atoms with E-state index >= 15 is 0 Å². The molecule has 0 radical (unpaired) electrons. The molecule has 0 spiro atoms. The van der Waals surface area contributed by atoms with Gasteiger partial charge in [-0.25, -0.2) is 4.39 Å². The van der Waals surface area contributed by atoms with E-state index in [1.807, 2.05) is 25.1 Å². The lowest BCUT2D eigenvalue weighted by atomic mass is 9.96. The molecule has 1 atom stereocenters. The number of fused-ring (bicyclic) bond motifs is 1. The number of aliphatic imine (C=N–C) groups is 1. The Hall–Kier alpha value is -3.68. The van der Waals surface area contributed by atoms with Crippen LogP contribution in [-0.4, -0.2) is 38.5 Å². The van der Waals surface area contributed by atoms with Crippen LogP contribution < -0.4 is 21.7 Å². The van der Waals surface area contributed by atoms with Crippen molar-refractivity contribution >= 4 is 41.1 Å². The van der Waals surface area contributed by atoms with E-state index in [9.17, 15) is 9.18 Å². The quantitative estimate of drug-likeness (QED) is 0.485. The van der Waals surface area contributed by atoms with Gasteiger partial charge in [0.1, 0.15) is 11.5 Å². The van der Waals surface area contributed by atoms with Gasteiger partial charge in [0.05, 0.1) is 11.4 Å². The highest BCUT2D eigenvalue weighted by Crippen LogP contribution is 2.40. The zero-order valence-electron chi connectivity index (χ0n) is 17.1. The molecule has 0 unspecified atom stereocenters. The summed E-state index contributed by atoms with van der Waals surface area (Å²) in [6, 6.07) is 8.50. The Labute approximate surface area is 174 Å². The zero-order chi connectivity index (χ0) is 21.8. The van der Waals surface area contributed by atoms with Crippen LogP contribution in [-0.2, 0) is 4.79 Å². The summed E-state index contributed by atoms with van der Waals surface area (Å²) < 4.78 is 14.5. The van der Waals surface area contributed by atoms with Crippen molar-refractivity contribution in [2.75, 3.05) is 30.0 Å². The van der Waals surface area contributed by atoms with Gasteiger partial charge in [0, 0.05) is 61.4 Å². The Morgan fingerprint density at radius 1 is 1.33 bits per heavy atom. The molecule has 0 fully saturated rings. The minimum Gasteiger partial charge on any atom is -0.398 e. The Kier molecular flexibility index (Phi) is 6.15. The number of nitrogens with one attached hydrogen (secondary N) is 4. The SMILES string of the molecule is CN=CC(C=N)=C(N)c1cc(-c2ccc(F)c3c2N[C@H](C)CC(=O)N3)ccc1NC. The minimum absolute atomic E-state index is 0.142. The first-order valence-electron chi connectivity index (χ1n) is 9.53. The molecule has 0 aromatic heterocycles. The summed E-state index contributed by atoms with van der Waals surface area (Å²) >= 11 is 0. The van der Waals surface area contributed by atoms with Gasteiger partial charge in [0.25, 0.3) is 0 Å². The number of carbonyl (C=O) groups is 1. The maximum Gasteiger partial charge on any atom is 0.226 e. The standard InChI is InChI=1S/C22H25FN6O/c1-12-8-19(30)29-22-17(23)6-5-15(21(22)28-12)13-4-7-18(27-3)16(9-13)20(25)14(10-24)11-26-2/h4-7,9-12,24,27-28H,8,25H2,1-3H3,(H,29,30)/t12-/m1/s1. The van der Waals surface area contributed by atoms with Crippen molar-refractivity contribution in [1.29, 1.82) is 5.41 Å². The Morgan fingerprint density at radius 3 is 2.77 bits per heavy atom. The highest BCUT2D eigenvalue weighted by molar-refractivity contribution is 6.11. The van der Waals surface area contributed by atoms with Crippen molar-refractivity contribution in [3.63, 3.8) is 0 Å². The number of hydrogen-bond acceptors (Lipinski definition) is 6. The number of rotatable bonds is 5. The van der Waals surface area contributed by atoms with E-state index in [1.54, 1.807) is 20.2 Å². The van der Waals surface area contributed by atoms with Gasteiger partial charge < -0.3 is 27.1 Å². The number of amides is 1. The molecule has 7 nitrogen and oxygen atoms in total. The molecule has 156 valence electrons. The van der Waals surface area contributed by atoms with E-state index in [4.69, 9.17) is 11.1 Å². The molecule has 0 aliphatic carbocycles. The molecule has 0 bridgehead atoms. The number of carbonyl (C=O) groups excluding carboxylic acids is 1.